The van der Waals surface area contributed by atoms with Gasteiger partial charge in [-0.25, -0.2) is 15.0 Å². The van der Waals surface area contributed by atoms with Crippen LogP contribution in [-0.4, -0.2) is 31.6 Å². The maximum atomic E-state index is 5.31. The van der Waals surface area contributed by atoms with Gasteiger partial charge in [0, 0.05) is 37.4 Å². The standard InChI is InChI=1S/C23H24N6O/c1-4-17-15-20(28-22(26-17)19-7-5-6-12-24-19)27-21(23-25-13-14-29(23)2)16-8-10-18(30-3)11-9-16/h5-15,21H,4H2,1-3H3,(H,26,27,28). The molecule has 0 fully saturated rings. The molecule has 0 spiro atoms. The molecule has 0 aliphatic carbocycles. The highest BCUT2D eigenvalue weighted by atomic mass is 16.5. The Kier molecular flexibility index (Phi) is 5.70. The summed E-state index contributed by atoms with van der Waals surface area (Å²) in [6.07, 6.45) is 6.28. The van der Waals surface area contributed by atoms with Gasteiger partial charge in [-0.15, -0.1) is 0 Å². The first-order valence-corrected chi connectivity index (χ1v) is 9.85. The Morgan fingerprint density at radius 2 is 1.87 bits per heavy atom. The predicted octanol–water partition coefficient (Wildman–Crippen LogP) is 4.04. The Bertz CT molecular complexity index is 1110. The van der Waals surface area contributed by atoms with E-state index < -0.39 is 0 Å². The minimum absolute atomic E-state index is 0.188. The van der Waals surface area contributed by atoms with E-state index in [-0.39, 0.29) is 6.04 Å². The smallest absolute Gasteiger partial charge is 0.180 e. The number of methoxy groups -OCH3 is 1. The average Bonchev–Trinajstić information content (AvgIpc) is 3.23. The summed E-state index contributed by atoms with van der Waals surface area (Å²) < 4.78 is 7.31. The zero-order valence-corrected chi connectivity index (χ0v) is 17.3. The number of aromatic nitrogens is 5. The number of aryl methyl sites for hydroxylation is 2. The van der Waals surface area contributed by atoms with Gasteiger partial charge in [0.1, 0.15) is 29.1 Å². The van der Waals surface area contributed by atoms with Gasteiger partial charge in [-0.1, -0.05) is 25.1 Å². The van der Waals surface area contributed by atoms with E-state index in [1.54, 1.807) is 19.5 Å². The summed E-state index contributed by atoms with van der Waals surface area (Å²) >= 11 is 0. The lowest BCUT2D eigenvalue weighted by molar-refractivity contribution is 0.414. The molecule has 7 nitrogen and oxygen atoms in total. The summed E-state index contributed by atoms with van der Waals surface area (Å²) in [4.78, 5) is 18.4. The van der Waals surface area contributed by atoms with Crippen LogP contribution in [0.5, 0.6) is 5.75 Å². The van der Waals surface area contributed by atoms with Crippen molar-refractivity contribution in [2.24, 2.45) is 7.05 Å². The fraction of sp³-hybridized carbons (Fsp3) is 0.217. The van der Waals surface area contributed by atoms with Crippen molar-refractivity contribution in [3.8, 4) is 17.3 Å². The molecule has 0 saturated heterocycles. The van der Waals surface area contributed by atoms with Crippen LogP contribution in [0.25, 0.3) is 11.5 Å². The molecular formula is C23H24N6O. The average molecular weight is 400 g/mol. The van der Waals surface area contributed by atoms with Crippen LogP contribution >= 0.6 is 0 Å². The monoisotopic (exact) mass is 400 g/mol. The molecule has 3 aromatic heterocycles. The van der Waals surface area contributed by atoms with Gasteiger partial charge in [-0.05, 0) is 36.2 Å². The number of ether oxygens (including phenoxy) is 1. The third-order valence-corrected chi connectivity index (χ3v) is 4.89. The molecule has 1 N–H and O–H groups in total. The van der Waals surface area contributed by atoms with Gasteiger partial charge in [0.05, 0.1) is 7.11 Å². The van der Waals surface area contributed by atoms with Crippen molar-refractivity contribution in [1.29, 1.82) is 0 Å². The number of benzene rings is 1. The van der Waals surface area contributed by atoms with E-state index in [1.807, 2.05) is 66.3 Å². The van der Waals surface area contributed by atoms with Gasteiger partial charge >= 0.3 is 0 Å². The third kappa shape index (κ3) is 4.15. The first-order valence-electron chi connectivity index (χ1n) is 9.85. The van der Waals surface area contributed by atoms with Gasteiger partial charge < -0.3 is 14.6 Å². The molecule has 1 atom stereocenters. The fourth-order valence-electron chi connectivity index (χ4n) is 3.26. The molecule has 4 aromatic rings. The van der Waals surface area contributed by atoms with Crippen LogP contribution < -0.4 is 10.1 Å². The normalized spacial score (nSPS) is 11.8. The second kappa shape index (κ2) is 8.73. The second-order valence-corrected chi connectivity index (χ2v) is 6.88. The molecule has 4 rings (SSSR count). The van der Waals surface area contributed by atoms with Crippen LogP contribution in [0.15, 0.2) is 67.1 Å². The molecule has 1 unspecified atom stereocenters. The molecule has 30 heavy (non-hydrogen) atoms. The molecule has 0 bridgehead atoms. The molecule has 152 valence electrons. The predicted molar refractivity (Wildman–Crippen MR) is 116 cm³/mol. The Labute approximate surface area is 175 Å². The molecule has 0 aliphatic heterocycles. The number of imidazole rings is 1. The summed E-state index contributed by atoms with van der Waals surface area (Å²) in [6, 6.07) is 15.5. The number of anilines is 1. The van der Waals surface area contributed by atoms with E-state index in [0.29, 0.717) is 5.82 Å². The van der Waals surface area contributed by atoms with Crippen LogP contribution in [0.3, 0.4) is 0 Å². The molecular weight excluding hydrogens is 376 g/mol. The van der Waals surface area contributed by atoms with Crippen LogP contribution in [-0.2, 0) is 13.5 Å². The van der Waals surface area contributed by atoms with Gasteiger partial charge in [0.2, 0.25) is 0 Å². The number of hydrogen-bond acceptors (Lipinski definition) is 6. The van der Waals surface area contributed by atoms with E-state index in [2.05, 4.69) is 27.2 Å². The molecule has 0 aliphatic rings. The van der Waals surface area contributed by atoms with Crippen molar-refractivity contribution in [1.82, 2.24) is 24.5 Å². The zero-order valence-electron chi connectivity index (χ0n) is 17.3. The second-order valence-electron chi connectivity index (χ2n) is 6.88. The lowest BCUT2D eigenvalue weighted by atomic mass is 10.1. The van der Waals surface area contributed by atoms with Crippen LogP contribution in [0.4, 0.5) is 5.82 Å². The highest BCUT2D eigenvalue weighted by molar-refractivity contribution is 5.54. The van der Waals surface area contributed by atoms with Gasteiger partial charge in [-0.2, -0.15) is 0 Å². The Balaban J connectivity index is 1.75. The summed E-state index contributed by atoms with van der Waals surface area (Å²) in [6.45, 7) is 2.08. The highest BCUT2D eigenvalue weighted by Gasteiger charge is 2.20. The molecule has 0 saturated carbocycles. The summed E-state index contributed by atoms with van der Waals surface area (Å²) in [7, 11) is 3.65. The van der Waals surface area contributed by atoms with Crippen molar-refractivity contribution >= 4 is 5.82 Å². The summed E-state index contributed by atoms with van der Waals surface area (Å²) in [5.74, 6) is 3.03. The van der Waals surface area contributed by atoms with E-state index in [9.17, 15) is 0 Å². The summed E-state index contributed by atoms with van der Waals surface area (Å²) in [5.41, 5.74) is 2.75. The lowest BCUT2D eigenvalue weighted by Crippen LogP contribution is -2.18. The van der Waals surface area contributed by atoms with E-state index in [4.69, 9.17) is 9.72 Å². The van der Waals surface area contributed by atoms with E-state index >= 15 is 0 Å². The Hall–Kier alpha value is -3.74. The minimum Gasteiger partial charge on any atom is -0.497 e. The molecule has 1 aromatic carbocycles. The van der Waals surface area contributed by atoms with Crippen molar-refractivity contribution in [2.75, 3.05) is 12.4 Å². The third-order valence-electron chi connectivity index (χ3n) is 4.89. The maximum Gasteiger partial charge on any atom is 0.180 e. The van der Waals surface area contributed by atoms with Crippen LogP contribution in [0.1, 0.15) is 30.0 Å². The van der Waals surface area contributed by atoms with Crippen molar-refractivity contribution in [3.63, 3.8) is 0 Å². The molecule has 0 radical (unpaired) electrons. The lowest BCUT2D eigenvalue weighted by Gasteiger charge is -2.20. The zero-order chi connectivity index (χ0) is 20.9. The molecule has 7 heteroatoms. The topological polar surface area (TPSA) is 77.8 Å². The maximum absolute atomic E-state index is 5.31. The van der Waals surface area contributed by atoms with E-state index in [0.717, 1.165) is 40.8 Å². The number of rotatable bonds is 7. The molecule has 3 heterocycles. The number of hydrogen-bond donors (Lipinski definition) is 1. The number of nitrogens with zero attached hydrogens (tertiary/aromatic N) is 5. The Morgan fingerprint density at radius 3 is 2.50 bits per heavy atom. The van der Waals surface area contributed by atoms with Crippen LogP contribution in [0, 0.1) is 0 Å². The van der Waals surface area contributed by atoms with Gasteiger partial charge in [-0.3, -0.25) is 4.98 Å². The first-order chi connectivity index (χ1) is 14.7. The number of nitrogens with one attached hydrogen (secondary N) is 1. The highest BCUT2D eigenvalue weighted by Crippen LogP contribution is 2.27. The largest absolute Gasteiger partial charge is 0.497 e. The van der Waals surface area contributed by atoms with Crippen molar-refractivity contribution in [2.45, 2.75) is 19.4 Å². The van der Waals surface area contributed by atoms with Gasteiger partial charge in [0.25, 0.3) is 0 Å². The number of pyridine rings is 1. The minimum atomic E-state index is -0.188. The fourth-order valence-corrected chi connectivity index (χ4v) is 3.26. The SMILES string of the molecule is CCc1cc(NC(c2ccc(OC)cc2)c2nccn2C)nc(-c2ccccn2)n1. The Morgan fingerprint density at radius 1 is 1.03 bits per heavy atom. The summed E-state index contributed by atoms with van der Waals surface area (Å²) in [5, 5.41) is 3.56. The molecule has 0 amide bonds. The van der Waals surface area contributed by atoms with Crippen molar-refractivity contribution in [3.05, 3.63) is 84.2 Å². The first kappa shape index (κ1) is 19.6. The van der Waals surface area contributed by atoms with Crippen molar-refractivity contribution < 1.29 is 4.74 Å². The van der Waals surface area contributed by atoms with E-state index in [1.165, 1.54) is 0 Å². The quantitative estimate of drug-likeness (QED) is 0.504. The van der Waals surface area contributed by atoms with Gasteiger partial charge in [0.15, 0.2) is 5.82 Å². The van der Waals surface area contributed by atoms with Crippen LogP contribution in [0.2, 0.25) is 0 Å².